The van der Waals surface area contributed by atoms with Crippen molar-refractivity contribution in [3.8, 4) is 0 Å². The number of benzene rings is 1. The number of hydrogen-bond acceptors (Lipinski definition) is 2. The molecular weight excluding hydrogens is 277 g/mol. The van der Waals surface area contributed by atoms with Crippen molar-refractivity contribution in [2.24, 2.45) is 5.41 Å². The van der Waals surface area contributed by atoms with Crippen LogP contribution in [0.25, 0.3) is 0 Å². The van der Waals surface area contributed by atoms with Gasteiger partial charge in [-0.25, -0.2) is 4.39 Å². The molecule has 2 nitrogen and oxygen atoms in total. The average molecular weight is 303 g/mol. The van der Waals surface area contributed by atoms with Crippen molar-refractivity contribution in [1.82, 2.24) is 5.32 Å². The minimum absolute atomic E-state index is 0.138. The molecule has 22 heavy (non-hydrogen) atoms. The van der Waals surface area contributed by atoms with Crippen LogP contribution in [0.3, 0.4) is 0 Å². The molecule has 3 saturated carbocycles. The van der Waals surface area contributed by atoms with Gasteiger partial charge in [0, 0.05) is 24.1 Å². The summed E-state index contributed by atoms with van der Waals surface area (Å²) in [5, 5.41) is 3.89. The lowest BCUT2D eigenvalue weighted by Gasteiger charge is -2.62. The van der Waals surface area contributed by atoms with E-state index in [1.54, 1.807) is 12.1 Å². The van der Waals surface area contributed by atoms with E-state index in [2.05, 4.69) is 12.2 Å². The van der Waals surface area contributed by atoms with Gasteiger partial charge in [0.25, 0.3) is 0 Å². The largest absolute Gasteiger partial charge is 0.378 e. The second kappa shape index (κ2) is 5.61. The van der Waals surface area contributed by atoms with E-state index in [0.29, 0.717) is 29.5 Å². The van der Waals surface area contributed by atoms with E-state index in [1.165, 1.54) is 44.1 Å². The quantitative estimate of drug-likeness (QED) is 0.887. The molecule has 0 aliphatic heterocycles. The Hall–Kier alpha value is -0.930. The molecule has 0 bridgehead atoms. The first kappa shape index (κ1) is 14.6. The highest BCUT2D eigenvalue weighted by Gasteiger charge is 2.59. The Morgan fingerprint density at radius 3 is 2.50 bits per heavy atom. The third kappa shape index (κ3) is 2.30. The standard InChI is InChI=1S/C19H26FNO/c1-2-22-18-12-17(19(18)8-3-9-19)21-16-10-14(11-16)13-4-6-15(20)7-5-13/h4-7,14,16-18,21H,2-3,8-12H2,1H3/t14?,16?,17-,18-/m0/s1. The second-order valence-corrected chi connectivity index (χ2v) is 7.40. The number of halogens is 1. The molecule has 3 aliphatic rings. The van der Waals surface area contributed by atoms with Crippen LogP contribution < -0.4 is 5.32 Å². The lowest BCUT2D eigenvalue weighted by atomic mass is 9.50. The molecule has 4 rings (SSSR count). The monoisotopic (exact) mass is 303 g/mol. The van der Waals surface area contributed by atoms with Gasteiger partial charge in [0.15, 0.2) is 0 Å². The van der Waals surface area contributed by atoms with Gasteiger partial charge >= 0.3 is 0 Å². The summed E-state index contributed by atoms with van der Waals surface area (Å²) < 4.78 is 18.9. The summed E-state index contributed by atoms with van der Waals surface area (Å²) in [5.41, 5.74) is 1.75. The Kier molecular flexibility index (Phi) is 3.74. The molecule has 120 valence electrons. The SMILES string of the molecule is CCO[C@H]1C[C@H](NC2CC(c3ccc(F)cc3)C2)C12CCC2. The number of nitrogens with one attached hydrogen (secondary N) is 1. The zero-order valence-electron chi connectivity index (χ0n) is 13.4. The van der Waals surface area contributed by atoms with Gasteiger partial charge in [-0.05, 0) is 62.6 Å². The molecule has 0 unspecified atom stereocenters. The third-order valence-corrected chi connectivity index (χ3v) is 6.35. The maximum absolute atomic E-state index is 13.0. The Bertz CT molecular complexity index is 519. The first-order valence-electron chi connectivity index (χ1n) is 8.84. The smallest absolute Gasteiger partial charge is 0.123 e. The lowest BCUT2D eigenvalue weighted by Crippen LogP contribution is -2.69. The van der Waals surface area contributed by atoms with Crippen molar-refractivity contribution in [2.75, 3.05) is 6.61 Å². The Labute approximate surface area is 132 Å². The van der Waals surface area contributed by atoms with Crippen molar-refractivity contribution in [3.05, 3.63) is 35.6 Å². The summed E-state index contributed by atoms with van der Waals surface area (Å²) in [6, 6.07) is 8.35. The molecule has 0 radical (unpaired) electrons. The van der Waals surface area contributed by atoms with Crippen molar-refractivity contribution in [2.45, 2.75) is 69.6 Å². The number of hydrogen-bond donors (Lipinski definition) is 1. The van der Waals surface area contributed by atoms with Gasteiger partial charge in [0.1, 0.15) is 5.82 Å². The fraction of sp³-hybridized carbons (Fsp3) is 0.684. The van der Waals surface area contributed by atoms with Crippen molar-refractivity contribution >= 4 is 0 Å². The Morgan fingerprint density at radius 2 is 1.91 bits per heavy atom. The maximum atomic E-state index is 13.0. The van der Waals surface area contributed by atoms with Crippen LogP contribution in [0, 0.1) is 11.2 Å². The molecule has 0 amide bonds. The predicted molar refractivity (Wildman–Crippen MR) is 85.4 cm³/mol. The van der Waals surface area contributed by atoms with Gasteiger partial charge in [0.2, 0.25) is 0 Å². The van der Waals surface area contributed by atoms with Crippen LogP contribution in [0.5, 0.6) is 0 Å². The first-order valence-corrected chi connectivity index (χ1v) is 8.84. The van der Waals surface area contributed by atoms with Crippen LogP contribution in [-0.4, -0.2) is 24.8 Å². The second-order valence-electron chi connectivity index (χ2n) is 7.40. The van der Waals surface area contributed by atoms with Crippen LogP contribution in [0.4, 0.5) is 4.39 Å². The van der Waals surface area contributed by atoms with Crippen molar-refractivity contribution in [1.29, 1.82) is 0 Å². The van der Waals surface area contributed by atoms with Gasteiger partial charge in [-0.2, -0.15) is 0 Å². The van der Waals surface area contributed by atoms with E-state index in [1.807, 2.05) is 12.1 Å². The van der Waals surface area contributed by atoms with E-state index >= 15 is 0 Å². The highest BCUT2D eigenvalue weighted by atomic mass is 19.1. The molecule has 3 heteroatoms. The summed E-state index contributed by atoms with van der Waals surface area (Å²) in [5.74, 6) is 0.472. The van der Waals surface area contributed by atoms with Crippen molar-refractivity contribution < 1.29 is 9.13 Å². The van der Waals surface area contributed by atoms with E-state index in [4.69, 9.17) is 4.74 Å². The third-order valence-electron chi connectivity index (χ3n) is 6.35. The fourth-order valence-electron chi connectivity index (χ4n) is 4.72. The van der Waals surface area contributed by atoms with Gasteiger partial charge in [-0.3, -0.25) is 0 Å². The average Bonchev–Trinajstić information content (AvgIpc) is 2.39. The van der Waals surface area contributed by atoms with Crippen LogP contribution in [-0.2, 0) is 4.74 Å². The van der Waals surface area contributed by atoms with Crippen LogP contribution in [0.1, 0.15) is 56.9 Å². The molecule has 0 heterocycles. The maximum Gasteiger partial charge on any atom is 0.123 e. The fourth-order valence-corrected chi connectivity index (χ4v) is 4.72. The molecule has 0 saturated heterocycles. The van der Waals surface area contributed by atoms with Crippen LogP contribution >= 0.6 is 0 Å². The molecule has 2 atom stereocenters. The van der Waals surface area contributed by atoms with Crippen LogP contribution in [0.15, 0.2) is 24.3 Å². The van der Waals surface area contributed by atoms with Gasteiger partial charge < -0.3 is 10.1 Å². The first-order chi connectivity index (χ1) is 10.7. The summed E-state index contributed by atoms with van der Waals surface area (Å²) in [7, 11) is 0. The number of rotatable bonds is 5. The Morgan fingerprint density at radius 1 is 1.18 bits per heavy atom. The van der Waals surface area contributed by atoms with Gasteiger partial charge in [-0.1, -0.05) is 18.6 Å². The van der Waals surface area contributed by atoms with Gasteiger partial charge in [-0.15, -0.1) is 0 Å². The van der Waals surface area contributed by atoms with Crippen molar-refractivity contribution in [3.63, 3.8) is 0 Å². The molecule has 3 aliphatic carbocycles. The normalized spacial score (nSPS) is 35.5. The minimum Gasteiger partial charge on any atom is -0.378 e. The molecular formula is C19H26FNO. The Balaban J connectivity index is 1.29. The van der Waals surface area contributed by atoms with E-state index in [0.717, 1.165) is 6.61 Å². The molecule has 1 aromatic carbocycles. The van der Waals surface area contributed by atoms with Crippen LogP contribution in [0.2, 0.25) is 0 Å². The molecule has 1 N–H and O–H groups in total. The summed E-state index contributed by atoms with van der Waals surface area (Å²) in [6.45, 7) is 2.95. The van der Waals surface area contributed by atoms with E-state index in [-0.39, 0.29) is 5.82 Å². The molecule has 1 aromatic rings. The molecule has 0 aromatic heterocycles. The van der Waals surface area contributed by atoms with Gasteiger partial charge in [0.05, 0.1) is 6.10 Å². The minimum atomic E-state index is -0.138. The molecule has 1 spiro atoms. The predicted octanol–water partition coefficient (Wildman–Crippen LogP) is 4.01. The summed E-state index contributed by atoms with van der Waals surface area (Å²) >= 11 is 0. The zero-order chi connectivity index (χ0) is 15.2. The zero-order valence-corrected chi connectivity index (χ0v) is 13.4. The lowest BCUT2D eigenvalue weighted by molar-refractivity contribution is -0.176. The van der Waals surface area contributed by atoms with E-state index in [9.17, 15) is 4.39 Å². The summed E-state index contributed by atoms with van der Waals surface area (Å²) in [6.07, 6.45) is 8.11. The summed E-state index contributed by atoms with van der Waals surface area (Å²) in [4.78, 5) is 0. The van der Waals surface area contributed by atoms with E-state index < -0.39 is 0 Å². The molecule has 3 fully saturated rings. The topological polar surface area (TPSA) is 21.3 Å². The highest BCUT2D eigenvalue weighted by molar-refractivity contribution is 5.24. The number of ether oxygens (including phenoxy) is 1. The highest BCUT2D eigenvalue weighted by Crippen LogP contribution is 2.57.